The fourth-order valence-electron chi connectivity index (χ4n) is 2.52. The van der Waals surface area contributed by atoms with Crippen molar-refractivity contribution in [2.75, 3.05) is 12.3 Å². The zero-order valence-electron chi connectivity index (χ0n) is 12.9. The van der Waals surface area contributed by atoms with Gasteiger partial charge in [-0.05, 0) is 6.92 Å². The Morgan fingerprint density at radius 3 is 2.96 bits per heavy atom. The summed E-state index contributed by atoms with van der Waals surface area (Å²) in [7, 11) is -4.01. The summed E-state index contributed by atoms with van der Waals surface area (Å²) >= 11 is 0. The molecule has 3 rings (SSSR count). The van der Waals surface area contributed by atoms with Crippen molar-refractivity contribution in [2.45, 2.75) is 37.6 Å². The molecule has 0 bridgehead atoms. The van der Waals surface area contributed by atoms with Crippen molar-refractivity contribution in [2.24, 2.45) is 5.73 Å². The maximum Gasteiger partial charge on any atom is 0.344 e. The molecule has 2 aromatic rings. The minimum absolute atomic E-state index is 0.220. The molecule has 132 valence electrons. The van der Waals surface area contributed by atoms with Crippen LogP contribution in [0, 0.1) is 0 Å². The fraction of sp³-hybridized carbons (Fsp3) is 0.583. The van der Waals surface area contributed by atoms with E-state index in [4.69, 9.17) is 20.7 Å². The second-order valence-electron chi connectivity index (χ2n) is 5.58. The zero-order valence-corrected chi connectivity index (χ0v) is 13.8. The predicted molar refractivity (Wildman–Crippen MR) is 83.7 cm³/mol. The quantitative estimate of drug-likeness (QED) is 0.513. The van der Waals surface area contributed by atoms with E-state index in [1.54, 1.807) is 4.57 Å². The van der Waals surface area contributed by atoms with Crippen molar-refractivity contribution in [1.82, 2.24) is 19.5 Å². The smallest absolute Gasteiger partial charge is 0.344 e. The summed E-state index contributed by atoms with van der Waals surface area (Å²) in [5.74, 6) is -0.808. The number of imidazole rings is 1. The van der Waals surface area contributed by atoms with E-state index in [1.165, 1.54) is 19.6 Å². The molecule has 1 saturated heterocycles. The number of nitrogens with zero attached hydrogens (tertiary/aromatic N) is 4. The molecule has 0 amide bonds. The van der Waals surface area contributed by atoms with Crippen molar-refractivity contribution >= 4 is 24.6 Å². The number of anilines is 1. The monoisotopic (exact) mass is 358 g/mol. The topological polar surface area (TPSA) is 172 Å². The average molecular weight is 358 g/mol. The number of aliphatic hydroxyl groups excluding tert-OH is 1. The van der Waals surface area contributed by atoms with Gasteiger partial charge in [0, 0.05) is 6.42 Å². The van der Waals surface area contributed by atoms with Gasteiger partial charge in [0.2, 0.25) is 0 Å². The van der Waals surface area contributed by atoms with Crippen molar-refractivity contribution in [3.05, 3.63) is 12.7 Å². The number of nitrogens with two attached hydrogens (primary N) is 2. The Morgan fingerprint density at radius 2 is 2.29 bits per heavy atom. The molecule has 11 nitrogen and oxygen atoms in total. The number of aromatic nitrogens is 4. The third-order valence-electron chi connectivity index (χ3n) is 3.86. The Balaban J connectivity index is 1.86. The van der Waals surface area contributed by atoms with Gasteiger partial charge in [-0.25, -0.2) is 15.0 Å². The van der Waals surface area contributed by atoms with Crippen LogP contribution in [0.4, 0.5) is 5.82 Å². The lowest BCUT2D eigenvalue weighted by atomic mass is 10.2. The molecule has 0 aromatic carbocycles. The first kappa shape index (κ1) is 17.2. The summed E-state index contributed by atoms with van der Waals surface area (Å²) in [6, 6.07) is 0. The van der Waals surface area contributed by atoms with Gasteiger partial charge in [-0.15, -0.1) is 0 Å². The van der Waals surface area contributed by atoms with Crippen LogP contribution in [-0.4, -0.2) is 54.1 Å². The largest absolute Gasteiger partial charge is 0.394 e. The molecule has 0 spiro atoms. The van der Waals surface area contributed by atoms with Crippen LogP contribution in [0.5, 0.6) is 0 Å². The Bertz CT molecular complexity index is 782. The molecule has 12 heteroatoms. The molecular formula is C12H19N6O5P. The maximum absolute atomic E-state index is 12.0. The zero-order chi connectivity index (χ0) is 17.5. The number of fused-ring (bicyclic) bond motifs is 1. The van der Waals surface area contributed by atoms with Gasteiger partial charge in [-0.3, -0.25) is 9.13 Å². The van der Waals surface area contributed by atoms with Crippen molar-refractivity contribution < 1.29 is 23.8 Å². The lowest BCUT2D eigenvalue weighted by Gasteiger charge is -2.22. The molecule has 6 N–H and O–H groups in total. The summed E-state index contributed by atoms with van der Waals surface area (Å²) in [6.45, 7) is 1.01. The van der Waals surface area contributed by atoms with E-state index in [2.05, 4.69) is 15.0 Å². The van der Waals surface area contributed by atoms with Gasteiger partial charge in [0.25, 0.3) is 0 Å². The van der Waals surface area contributed by atoms with E-state index in [9.17, 15) is 14.6 Å². The highest BCUT2D eigenvalue weighted by molar-refractivity contribution is 7.53. The Labute approximate surface area is 137 Å². The van der Waals surface area contributed by atoms with E-state index in [0.29, 0.717) is 11.2 Å². The van der Waals surface area contributed by atoms with Gasteiger partial charge in [-0.2, -0.15) is 0 Å². The van der Waals surface area contributed by atoms with Crippen LogP contribution in [0.2, 0.25) is 0 Å². The Kier molecular flexibility index (Phi) is 4.56. The minimum atomic E-state index is -4.01. The van der Waals surface area contributed by atoms with Gasteiger partial charge in [0.15, 0.2) is 11.5 Å². The van der Waals surface area contributed by atoms with Gasteiger partial charge in [0.05, 0.1) is 12.9 Å². The molecule has 0 aliphatic carbocycles. The second-order valence-corrected chi connectivity index (χ2v) is 7.73. The number of hydrogen-bond donors (Lipinski definition) is 4. The van der Waals surface area contributed by atoms with E-state index in [-0.39, 0.29) is 18.8 Å². The maximum atomic E-state index is 12.0. The molecular weight excluding hydrogens is 339 g/mol. The highest BCUT2D eigenvalue weighted by Crippen LogP contribution is 2.49. The molecule has 5 atom stereocenters. The number of hydrogen-bond acceptors (Lipinski definition) is 9. The van der Waals surface area contributed by atoms with Crippen LogP contribution < -0.4 is 11.5 Å². The Morgan fingerprint density at radius 1 is 1.54 bits per heavy atom. The predicted octanol–water partition coefficient (Wildman–Crippen LogP) is -0.436. The Hall–Kier alpha value is -1.62. The second kappa shape index (κ2) is 6.36. The van der Waals surface area contributed by atoms with E-state index in [0.717, 1.165) is 0 Å². The number of nitrogen functional groups attached to an aromatic ring is 1. The fourth-order valence-corrected chi connectivity index (χ4v) is 3.32. The molecule has 24 heavy (non-hydrogen) atoms. The molecule has 0 radical (unpaired) electrons. The summed E-state index contributed by atoms with van der Waals surface area (Å²) in [4.78, 5) is 21.9. The summed E-state index contributed by atoms with van der Waals surface area (Å²) < 4.78 is 24.6. The first-order valence-corrected chi connectivity index (χ1v) is 8.94. The number of aliphatic hydroxyl groups is 1. The first-order chi connectivity index (χ1) is 11.3. The van der Waals surface area contributed by atoms with Crippen LogP contribution in [0.1, 0.15) is 19.6 Å². The third kappa shape index (κ3) is 3.02. The summed E-state index contributed by atoms with van der Waals surface area (Å²) in [5, 5.41) is 9.47. The van der Waals surface area contributed by atoms with Crippen LogP contribution in [0.15, 0.2) is 12.7 Å². The lowest BCUT2D eigenvalue weighted by molar-refractivity contribution is -0.0405. The van der Waals surface area contributed by atoms with Crippen LogP contribution in [0.3, 0.4) is 0 Å². The van der Waals surface area contributed by atoms with Gasteiger partial charge in [-0.1, -0.05) is 0 Å². The van der Waals surface area contributed by atoms with Crippen molar-refractivity contribution in [3.8, 4) is 0 Å². The molecule has 1 aliphatic rings. The summed E-state index contributed by atoms with van der Waals surface area (Å²) in [5.41, 5.74) is 12.1. The molecule has 2 aromatic heterocycles. The van der Waals surface area contributed by atoms with E-state index in [1.807, 2.05) is 0 Å². The van der Waals surface area contributed by atoms with Crippen LogP contribution in [-0.2, 0) is 13.8 Å². The highest BCUT2D eigenvalue weighted by atomic mass is 31.2. The highest BCUT2D eigenvalue weighted by Gasteiger charge is 2.42. The average Bonchev–Trinajstić information content (AvgIpc) is 3.11. The minimum Gasteiger partial charge on any atom is -0.394 e. The number of ether oxygens (including phenoxy) is 1. The standard InChI is InChI=1S/C12H19N6O5P/c1-6(13)24(20,21)23-7-2-9(22-8(7)3-19)18-5-17-10-11(14)15-4-16-12(10)18/h4-9,19H,2-3,13H2,1H3,(H,20,21)(H2,14,15,16)/t6?,7-,8+,9+/m0/s1. The third-order valence-corrected chi connectivity index (χ3v) is 5.46. The molecule has 2 unspecified atom stereocenters. The van der Waals surface area contributed by atoms with Crippen LogP contribution >= 0.6 is 7.60 Å². The number of rotatable bonds is 5. The van der Waals surface area contributed by atoms with Gasteiger partial charge >= 0.3 is 7.60 Å². The first-order valence-electron chi connectivity index (χ1n) is 7.29. The van der Waals surface area contributed by atoms with Crippen molar-refractivity contribution in [1.29, 1.82) is 0 Å². The normalized spacial score (nSPS) is 28.1. The van der Waals surface area contributed by atoms with Gasteiger partial charge < -0.3 is 30.7 Å². The van der Waals surface area contributed by atoms with Gasteiger partial charge in [0.1, 0.15) is 36.1 Å². The molecule has 1 fully saturated rings. The SMILES string of the molecule is CC(N)P(=O)(O)O[C@H]1C[C@H](n2cnc3c(N)ncnc32)O[C@@H]1CO. The van der Waals surface area contributed by atoms with E-state index >= 15 is 0 Å². The molecule has 3 heterocycles. The molecule has 0 saturated carbocycles. The van der Waals surface area contributed by atoms with E-state index < -0.39 is 31.8 Å². The molecule has 1 aliphatic heterocycles. The van der Waals surface area contributed by atoms with Crippen LogP contribution in [0.25, 0.3) is 11.2 Å². The lowest BCUT2D eigenvalue weighted by Crippen LogP contribution is -2.29. The van der Waals surface area contributed by atoms with Crippen molar-refractivity contribution in [3.63, 3.8) is 0 Å². The summed E-state index contributed by atoms with van der Waals surface area (Å²) in [6.07, 6.45) is 0.864.